The second kappa shape index (κ2) is 6.44. The van der Waals surface area contributed by atoms with Crippen LogP contribution >= 0.6 is 0 Å². The van der Waals surface area contributed by atoms with Crippen LogP contribution in [-0.2, 0) is 16.6 Å². The molecule has 2 aromatic carbocycles. The molecule has 1 unspecified atom stereocenters. The molecule has 5 heteroatoms. The van der Waals surface area contributed by atoms with Crippen LogP contribution < -0.4 is 5.32 Å². The number of aromatic nitrogens is 2. The van der Waals surface area contributed by atoms with Crippen LogP contribution in [0.25, 0.3) is 6.08 Å². The molecule has 1 saturated carbocycles. The second-order valence-corrected chi connectivity index (χ2v) is 7.59. The van der Waals surface area contributed by atoms with Crippen LogP contribution in [0.2, 0.25) is 0 Å². The first-order chi connectivity index (χ1) is 13.7. The van der Waals surface area contributed by atoms with Gasteiger partial charge in [0.15, 0.2) is 5.82 Å². The average molecular weight is 373 g/mol. The summed E-state index contributed by atoms with van der Waals surface area (Å²) in [6.45, 7) is 0. The number of carbonyl (C=O) groups is 1. The van der Waals surface area contributed by atoms with Crippen molar-refractivity contribution in [1.82, 2.24) is 10.2 Å². The number of amides is 1. The number of anilines is 1. The van der Waals surface area contributed by atoms with E-state index in [4.69, 9.17) is 0 Å². The van der Waals surface area contributed by atoms with E-state index in [0.717, 1.165) is 35.2 Å². The largest absolute Gasteiger partial charge is 0.308 e. The zero-order valence-electron chi connectivity index (χ0n) is 15.3. The lowest BCUT2D eigenvalue weighted by molar-refractivity contribution is -0.117. The van der Waals surface area contributed by atoms with Gasteiger partial charge in [-0.1, -0.05) is 54.6 Å². The molecule has 28 heavy (non-hydrogen) atoms. The number of rotatable bonds is 4. The Kier molecular flexibility index (Phi) is 3.90. The quantitative estimate of drug-likeness (QED) is 0.710. The number of halogens is 1. The first-order valence-corrected chi connectivity index (χ1v) is 9.55. The van der Waals surface area contributed by atoms with Crippen molar-refractivity contribution in [2.75, 3.05) is 5.32 Å². The van der Waals surface area contributed by atoms with Crippen molar-refractivity contribution < 1.29 is 9.18 Å². The summed E-state index contributed by atoms with van der Waals surface area (Å²) in [5.41, 5.74) is 3.30. The van der Waals surface area contributed by atoms with Gasteiger partial charge in [0.05, 0.1) is 0 Å². The van der Waals surface area contributed by atoms with E-state index in [1.165, 1.54) is 6.07 Å². The second-order valence-electron chi connectivity index (χ2n) is 7.59. The van der Waals surface area contributed by atoms with Crippen molar-refractivity contribution in [3.05, 3.63) is 88.9 Å². The summed E-state index contributed by atoms with van der Waals surface area (Å²) in [6, 6.07) is 16.8. The molecule has 0 bridgehead atoms. The van der Waals surface area contributed by atoms with E-state index in [-0.39, 0.29) is 17.6 Å². The molecule has 140 valence electrons. The van der Waals surface area contributed by atoms with Crippen molar-refractivity contribution in [1.29, 1.82) is 0 Å². The molecule has 4 nitrogen and oxygen atoms in total. The fourth-order valence-electron chi connectivity index (χ4n) is 3.99. The highest BCUT2D eigenvalue weighted by Crippen LogP contribution is 2.42. The SMILES string of the molecule is O=C(Nc1n[nH]c2c1C=CC(c1ccccc1)(c1cccc(F)c1)C2)C1CC1. The third-order valence-corrected chi connectivity index (χ3v) is 5.69. The van der Waals surface area contributed by atoms with Crippen molar-refractivity contribution in [2.24, 2.45) is 5.92 Å². The molecule has 0 spiro atoms. The molecule has 1 aromatic heterocycles. The molecule has 1 fully saturated rings. The molecule has 0 aliphatic heterocycles. The number of benzene rings is 2. The fourth-order valence-corrected chi connectivity index (χ4v) is 3.99. The van der Waals surface area contributed by atoms with E-state index < -0.39 is 5.41 Å². The lowest BCUT2D eigenvalue weighted by Crippen LogP contribution is -2.30. The van der Waals surface area contributed by atoms with E-state index in [1.54, 1.807) is 12.1 Å². The normalized spacial score (nSPS) is 20.6. The average Bonchev–Trinajstić information content (AvgIpc) is 3.51. The molecule has 0 saturated heterocycles. The molecule has 1 amide bonds. The Morgan fingerprint density at radius 3 is 2.64 bits per heavy atom. The van der Waals surface area contributed by atoms with Crippen LogP contribution in [0.1, 0.15) is 35.2 Å². The molecule has 2 aliphatic rings. The summed E-state index contributed by atoms with van der Waals surface area (Å²) in [5.74, 6) is 0.474. The predicted octanol–water partition coefficient (Wildman–Crippen LogP) is 4.45. The maximum Gasteiger partial charge on any atom is 0.228 e. The molecule has 0 radical (unpaired) electrons. The van der Waals surface area contributed by atoms with Gasteiger partial charge in [0.25, 0.3) is 0 Å². The lowest BCUT2D eigenvalue weighted by atomic mass is 9.68. The van der Waals surface area contributed by atoms with Crippen molar-refractivity contribution in [3.8, 4) is 0 Å². The van der Waals surface area contributed by atoms with Gasteiger partial charge in [-0.15, -0.1) is 0 Å². The van der Waals surface area contributed by atoms with E-state index in [2.05, 4.69) is 33.7 Å². The van der Waals surface area contributed by atoms with Gasteiger partial charge < -0.3 is 5.32 Å². The third kappa shape index (κ3) is 2.83. The van der Waals surface area contributed by atoms with E-state index in [1.807, 2.05) is 30.3 Å². The van der Waals surface area contributed by atoms with E-state index in [9.17, 15) is 9.18 Å². The number of hydrogen-bond donors (Lipinski definition) is 2. The molecular weight excluding hydrogens is 353 g/mol. The minimum Gasteiger partial charge on any atom is -0.308 e. The van der Waals surface area contributed by atoms with Gasteiger partial charge in [0.2, 0.25) is 5.91 Å². The summed E-state index contributed by atoms with van der Waals surface area (Å²) in [5, 5.41) is 10.4. The molecule has 1 atom stereocenters. The van der Waals surface area contributed by atoms with E-state index >= 15 is 0 Å². The maximum atomic E-state index is 14.0. The smallest absolute Gasteiger partial charge is 0.228 e. The summed E-state index contributed by atoms with van der Waals surface area (Å²) in [7, 11) is 0. The summed E-state index contributed by atoms with van der Waals surface area (Å²) in [4.78, 5) is 12.1. The van der Waals surface area contributed by atoms with Crippen molar-refractivity contribution >= 4 is 17.8 Å². The molecule has 5 rings (SSSR count). The van der Waals surface area contributed by atoms with Gasteiger partial charge in [-0.3, -0.25) is 9.89 Å². The Morgan fingerprint density at radius 2 is 1.89 bits per heavy atom. The maximum absolute atomic E-state index is 14.0. The number of carbonyl (C=O) groups excluding carboxylic acids is 1. The first-order valence-electron chi connectivity index (χ1n) is 9.55. The third-order valence-electron chi connectivity index (χ3n) is 5.69. The van der Waals surface area contributed by atoms with Gasteiger partial charge in [0, 0.05) is 29.0 Å². The van der Waals surface area contributed by atoms with Gasteiger partial charge >= 0.3 is 0 Å². The van der Waals surface area contributed by atoms with Gasteiger partial charge in [-0.25, -0.2) is 4.39 Å². The minimum atomic E-state index is -0.499. The number of aromatic amines is 1. The number of nitrogens with one attached hydrogen (secondary N) is 2. The zero-order valence-corrected chi connectivity index (χ0v) is 15.3. The Morgan fingerprint density at radius 1 is 1.11 bits per heavy atom. The zero-order chi connectivity index (χ0) is 19.1. The topological polar surface area (TPSA) is 57.8 Å². The summed E-state index contributed by atoms with van der Waals surface area (Å²) >= 11 is 0. The van der Waals surface area contributed by atoms with Crippen molar-refractivity contribution in [3.63, 3.8) is 0 Å². The van der Waals surface area contributed by atoms with Crippen LogP contribution in [0, 0.1) is 11.7 Å². The molecule has 2 N–H and O–H groups in total. The molecule has 1 heterocycles. The molecule has 3 aromatic rings. The Labute approximate surface area is 162 Å². The Bertz CT molecular complexity index is 1070. The first kappa shape index (κ1) is 16.9. The number of fused-ring (bicyclic) bond motifs is 1. The number of H-pyrrole nitrogens is 1. The number of nitrogens with zero attached hydrogens (tertiary/aromatic N) is 1. The van der Waals surface area contributed by atoms with Crippen LogP contribution in [-0.4, -0.2) is 16.1 Å². The predicted molar refractivity (Wildman–Crippen MR) is 106 cm³/mol. The Hall–Kier alpha value is -3.21. The summed E-state index contributed by atoms with van der Waals surface area (Å²) in [6.07, 6.45) is 6.60. The Balaban J connectivity index is 1.57. The lowest BCUT2D eigenvalue weighted by Gasteiger charge is -2.34. The van der Waals surface area contributed by atoms with Crippen LogP contribution in [0.4, 0.5) is 10.2 Å². The summed E-state index contributed by atoms with van der Waals surface area (Å²) < 4.78 is 14.0. The van der Waals surface area contributed by atoms with Crippen LogP contribution in [0.3, 0.4) is 0 Å². The monoisotopic (exact) mass is 373 g/mol. The van der Waals surface area contributed by atoms with E-state index in [0.29, 0.717) is 12.2 Å². The molecule has 2 aliphatic carbocycles. The van der Waals surface area contributed by atoms with Crippen molar-refractivity contribution in [2.45, 2.75) is 24.7 Å². The van der Waals surface area contributed by atoms with Gasteiger partial charge in [-0.2, -0.15) is 5.10 Å². The fraction of sp³-hybridized carbons (Fsp3) is 0.217. The standard InChI is InChI=1S/C23H20FN3O/c24-18-8-4-7-17(13-18)23(16-5-2-1-3-6-16)12-11-19-20(14-23)26-27-21(19)25-22(28)15-9-10-15/h1-8,11-13,15H,9-10,14H2,(H2,25,26,27,28). The number of allylic oxidation sites excluding steroid dienone is 1. The highest BCUT2D eigenvalue weighted by Gasteiger charge is 2.37. The van der Waals surface area contributed by atoms with Crippen LogP contribution in [0.5, 0.6) is 0 Å². The highest BCUT2D eigenvalue weighted by molar-refractivity contribution is 5.95. The van der Waals surface area contributed by atoms with Gasteiger partial charge in [0.1, 0.15) is 5.82 Å². The minimum absolute atomic E-state index is 0.0349. The van der Waals surface area contributed by atoms with Crippen LogP contribution in [0.15, 0.2) is 60.7 Å². The highest BCUT2D eigenvalue weighted by atomic mass is 19.1. The van der Waals surface area contributed by atoms with Gasteiger partial charge in [-0.05, 0) is 36.1 Å². The number of hydrogen-bond acceptors (Lipinski definition) is 2. The molecular formula is C23H20FN3O.